The number of rotatable bonds is 4. The van der Waals surface area contributed by atoms with E-state index < -0.39 is 0 Å². The summed E-state index contributed by atoms with van der Waals surface area (Å²) in [6.07, 6.45) is 0.561. The van der Waals surface area contributed by atoms with Gasteiger partial charge in [0.15, 0.2) is 0 Å². The van der Waals surface area contributed by atoms with Crippen LogP contribution in [0.1, 0.15) is 38.7 Å². The first kappa shape index (κ1) is 16.7. The van der Waals surface area contributed by atoms with Gasteiger partial charge in [-0.3, -0.25) is 0 Å². The molecule has 1 aromatic carbocycles. The zero-order valence-corrected chi connectivity index (χ0v) is 13.7. The normalized spacial score (nSPS) is 15.1. The second kappa shape index (κ2) is 6.40. The molecule has 0 saturated heterocycles. The highest BCUT2D eigenvalue weighted by Crippen LogP contribution is 2.35. The topological polar surface area (TPSA) is 52.0 Å². The van der Waals surface area contributed by atoms with E-state index in [0.29, 0.717) is 21.5 Å². The molecule has 2 unspecified atom stereocenters. The first-order chi connectivity index (χ1) is 8.62. The molecule has 106 valence electrons. The van der Waals surface area contributed by atoms with Crippen molar-refractivity contribution in [2.75, 3.05) is 0 Å². The number of hydrogen-bond donors (Lipinski definition) is 2. The van der Waals surface area contributed by atoms with Crippen molar-refractivity contribution in [3.63, 3.8) is 0 Å². The third-order valence-corrected chi connectivity index (χ3v) is 4.13. The lowest BCUT2D eigenvalue weighted by Crippen LogP contribution is -2.41. The Bertz CT molecular complexity index is 469. The molecule has 0 saturated carbocycles. The summed E-state index contributed by atoms with van der Waals surface area (Å²) >= 11 is 17.1. The van der Waals surface area contributed by atoms with E-state index in [1.165, 1.54) is 0 Å². The summed E-state index contributed by atoms with van der Waals surface area (Å²) in [4.78, 5) is 0.454. The summed E-state index contributed by atoms with van der Waals surface area (Å²) in [5.74, 6) is 0.0345. The highest BCUT2D eigenvalue weighted by atomic mass is 35.5. The largest absolute Gasteiger partial charge is 0.393 e. The number of nitrogens with two attached hydrogens (primary N) is 2. The lowest BCUT2D eigenvalue weighted by atomic mass is 9.75. The van der Waals surface area contributed by atoms with E-state index >= 15 is 0 Å². The van der Waals surface area contributed by atoms with Gasteiger partial charge in [-0.15, -0.1) is 0 Å². The van der Waals surface area contributed by atoms with Crippen LogP contribution in [-0.4, -0.2) is 11.0 Å². The van der Waals surface area contributed by atoms with E-state index in [0.717, 1.165) is 5.56 Å². The molecule has 4 N–H and O–H groups in total. The van der Waals surface area contributed by atoms with Crippen LogP contribution in [0.5, 0.6) is 0 Å². The molecule has 0 amide bonds. The molecular weight excluding hydrogens is 299 g/mol. The number of benzene rings is 1. The molecule has 2 nitrogen and oxygen atoms in total. The van der Waals surface area contributed by atoms with Crippen LogP contribution < -0.4 is 11.5 Å². The van der Waals surface area contributed by atoms with Crippen molar-refractivity contribution in [1.29, 1.82) is 0 Å². The van der Waals surface area contributed by atoms with Crippen LogP contribution in [0.3, 0.4) is 0 Å². The fourth-order valence-corrected chi connectivity index (χ4v) is 2.50. The Morgan fingerprint density at radius 3 is 2.26 bits per heavy atom. The predicted octanol–water partition coefficient (Wildman–Crippen LogP) is 4.13. The zero-order valence-electron chi connectivity index (χ0n) is 11.4. The molecule has 0 aliphatic carbocycles. The van der Waals surface area contributed by atoms with Crippen molar-refractivity contribution in [2.24, 2.45) is 16.9 Å². The fraction of sp³-hybridized carbons (Fsp3) is 0.500. The Hall–Kier alpha value is -0.350. The molecule has 0 fully saturated rings. The molecule has 1 rings (SSSR count). The second-order valence-corrected chi connectivity index (χ2v) is 7.18. The van der Waals surface area contributed by atoms with Gasteiger partial charge in [0, 0.05) is 18.4 Å². The SMILES string of the molecule is CC(C)(C)C(N)C(CC(N)=S)c1ccc(Cl)c(Cl)c1. The number of thiocarbonyl (C=S) groups is 1. The summed E-state index contributed by atoms with van der Waals surface area (Å²) in [7, 11) is 0. The summed E-state index contributed by atoms with van der Waals surface area (Å²) < 4.78 is 0. The van der Waals surface area contributed by atoms with Gasteiger partial charge >= 0.3 is 0 Å². The Labute approximate surface area is 130 Å². The van der Waals surface area contributed by atoms with Crippen LogP contribution >= 0.6 is 35.4 Å². The highest BCUT2D eigenvalue weighted by molar-refractivity contribution is 7.80. The van der Waals surface area contributed by atoms with Crippen LogP contribution in [-0.2, 0) is 0 Å². The number of hydrogen-bond acceptors (Lipinski definition) is 2. The van der Waals surface area contributed by atoms with Crippen molar-refractivity contribution in [3.8, 4) is 0 Å². The van der Waals surface area contributed by atoms with Crippen molar-refractivity contribution < 1.29 is 0 Å². The summed E-state index contributed by atoms with van der Waals surface area (Å²) in [5, 5.41) is 1.05. The fourth-order valence-electron chi connectivity index (χ4n) is 2.02. The quantitative estimate of drug-likeness (QED) is 0.821. The summed E-state index contributed by atoms with van der Waals surface area (Å²) in [6.45, 7) is 6.30. The van der Waals surface area contributed by atoms with E-state index in [-0.39, 0.29) is 17.4 Å². The Morgan fingerprint density at radius 1 is 1.26 bits per heavy atom. The first-order valence-corrected chi connectivity index (χ1v) is 7.28. The minimum atomic E-state index is -0.0776. The molecule has 5 heteroatoms. The lowest BCUT2D eigenvalue weighted by Gasteiger charge is -2.34. The average molecular weight is 319 g/mol. The van der Waals surface area contributed by atoms with E-state index in [1.807, 2.05) is 12.1 Å². The van der Waals surface area contributed by atoms with Gasteiger partial charge in [-0.2, -0.15) is 0 Å². The smallest absolute Gasteiger partial charge is 0.0734 e. The van der Waals surface area contributed by atoms with Crippen LogP contribution in [0, 0.1) is 5.41 Å². The van der Waals surface area contributed by atoms with Gasteiger partial charge < -0.3 is 11.5 Å². The lowest BCUT2D eigenvalue weighted by molar-refractivity contribution is 0.282. The Morgan fingerprint density at radius 2 is 1.84 bits per heavy atom. The van der Waals surface area contributed by atoms with Gasteiger partial charge in [-0.1, -0.05) is 62.3 Å². The van der Waals surface area contributed by atoms with Crippen molar-refractivity contribution in [2.45, 2.75) is 39.2 Å². The van der Waals surface area contributed by atoms with Crippen LogP contribution in [0.25, 0.3) is 0 Å². The molecule has 0 spiro atoms. The van der Waals surface area contributed by atoms with Gasteiger partial charge in [0.2, 0.25) is 0 Å². The summed E-state index contributed by atoms with van der Waals surface area (Å²) in [6, 6.07) is 5.48. The van der Waals surface area contributed by atoms with Gasteiger partial charge in [0.1, 0.15) is 0 Å². The monoisotopic (exact) mass is 318 g/mol. The van der Waals surface area contributed by atoms with E-state index in [2.05, 4.69) is 20.8 Å². The standard InChI is InChI=1S/C14H20Cl2N2S/c1-14(2,3)13(18)9(7-12(17)19)8-4-5-10(15)11(16)6-8/h4-6,9,13H,7,18H2,1-3H3,(H2,17,19). The molecule has 0 aliphatic rings. The predicted molar refractivity (Wildman–Crippen MR) is 88.0 cm³/mol. The van der Waals surface area contributed by atoms with Crippen LogP contribution in [0.2, 0.25) is 10.0 Å². The minimum absolute atomic E-state index is 0.0345. The molecule has 0 heterocycles. The molecule has 0 bridgehead atoms. The van der Waals surface area contributed by atoms with Crippen LogP contribution in [0.4, 0.5) is 0 Å². The van der Waals surface area contributed by atoms with Crippen molar-refractivity contribution in [3.05, 3.63) is 33.8 Å². The molecule has 0 aromatic heterocycles. The van der Waals surface area contributed by atoms with Gasteiger partial charge in [0.05, 0.1) is 15.0 Å². The number of halogens is 2. The third kappa shape index (κ3) is 4.60. The third-order valence-electron chi connectivity index (χ3n) is 3.23. The zero-order chi connectivity index (χ0) is 14.8. The molecule has 1 aromatic rings. The molecule has 0 radical (unpaired) electrons. The summed E-state index contributed by atoms with van der Waals surface area (Å²) in [5.41, 5.74) is 13.0. The van der Waals surface area contributed by atoms with Gasteiger partial charge in [-0.05, 0) is 23.1 Å². The van der Waals surface area contributed by atoms with Gasteiger partial charge in [0.25, 0.3) is 0 Å². The van der Waals surface area contributed by atoms with E-state index in [1.54, 1.807) is 6.07 Å². The van der Waals surface area contributed by atoms with Crippen molar-refractivity contribution in [1.82, 2.24) is 0 Å². The Kier molecular flexibility index (Phi) is 5.63. The van der Waals surface area contributed by atoms with Gasteiger partial charge in [-0.25, -0.2) is 0 Å². The van der Waals surface area contributed by atoms with E-state index in [9.17, 15) is 0 Å². The second-order valence-electron chi connectivity index (χ2n) is 5.84. The van der Waals surface area contributed by atoms with Crippen LogP contribution in [0.15, 0.2) is 18.2 Å². The maximum atomic E-state index is 6.37. The maximum absolute atomic E-state index is 6.37. The Balaban J connectivity index is 3.16. The minimum Gasteiger partial charge on any atom is -0.393 e. The molecular formula is C14H20Cl2N2S. The molecule has 2 atom stereocenters. The van der Waals surface area contributed by atoms with Crippen molar-refractivity contribution >= 4 is 40.4 Å². The molecule has 0 aliphatic heterocycles. The molecule has 19 heavy (non-hydrogen) atoms. The first-order valence-electron chi connectivity index (χ1n) is 6.11. The average Bonchev–Trinajstić information content (AvgIpc) is 2.27. The van der Waals surface area contributed by atoms with E-state index in [4.69, 9.17) is 46.9 Å². The highest BCUT2D eigenvalue weighted by Gasteiger charge is 2.30. The maximum Gasteiger partial charge on any atom is 0.0734 e.